The van der Waals surface area contributed by atoms with Crippen LogP contribution in [0.5, 0.6) is 5.75 Å². The van der Waals surface area contributed by atoms with Crippen molar-refractivity contribution in [3.8, 4) is 11.8 Å². The van der Waals surface area contributed by atoms with Gasteiger partial charge in [0, 0.05) is 28.7 Å². The van der Waals surface area contributed by atoms with Crippen LogP contribution in [0.2, 0.25) is 0 Å². The highest BCUT2D eigenvalue weighted by atomic mass is 16.3. The van der Waals surface area contributed by atoms with Crippen molar-refractivity contribution in [1.82, 2.24) is 5.32 Å². The molecule has 0 aromatic heterocycles. The second-order valence-corrected chi connectivity index (χ2v) is 6.10. The van der Waals surface area contributed by atoms with Crippen molar-refractivity contribution in [2.45, 2.75) is 13.0 Å². The Morgan fingerprint density at radius 3 is 2.48 bits per heavy atom. The van der Waals surface area contributed by atoms with Crippen LogP contribution in [0.15, 0.2) is 78.5 Å². The summed E-state index contributed by atoms with van der Waals surface area (Å²) in [7, 11) is 0. The smallest absolute Gasteiger partial charge is 0.267 e. The van der Waals surface area contributed by atoms with Gasteiger partial charge in [0.15, 0.2) is 0 Å². The second-order valence-electron chi connectivity index (χ2n) is 6.10. The van der Waals surface area contributed by atoms with Gasteiger partial charge in [0.25, 0.3) is 5.91 Å². The minimum Gasteiger partial charge on any atom is -0.507 e. The van der Waals surface area contributed by atoms with Crippen molar-refractivity contribution in [2.24, 2.45) is 0 Å². The van der Waals surface area contributed by atoms with Gasteiger partial charge < -0.3 is 15.7 Å². The zero-order chi connectivity index (χ0) is 19.2. The summed E-state index contributed by atoms with van der Waals surface area (Å²) in [5, 5.41) is 26.5. The van der Waals surface area contributed by atoms with Crippen LogP contribution in [0.1, 0.15) is 18.5 Å². The monoisotopic (exact) mass is 357 g/mol. The number of hydrogen-bond acceptors (Lipinski definition) is 4. The fraction of sp³-hybridized carbons (Fsp3) is 0.0909. The minimum absolute atomic E-state index is 0.0325. The molecule has 0 saturated heterocycles. The van der Waals surface area contributed by atoms with Crippen molar-refractivity contribution in [2.75, 3.05) is 5.32 Å². The molecule has 0 aliphatic heterocycles. The number of carbonyl (C=O) groups excluding carboxylic acids is 1. The summed E-state index contributed by atoms with van der Waals surface area (Å²) in [6, 6.07) is 22.0. The molecular formula is C22H19N3O2. The molecule has 0 radical (unpaired) electrons. The Morgan fingerprint density at radius 2 is 1.74 bits per heavy atom. The average Bonchev–Trinajstić information content (AvgIpc) is 2.70. The van der Waals surface area contributed by atoms with Crippen molar-refractivity contribution < 1.29 is 9.90 Å². The van der Waals surface area contributed by atoms with Crippen LogP contribution in [0.25, 0.3) is 10.8 Å². The highest BCUT2D eigenvalue weighted by molar-refractivity contribution is 6.11. The lowest BCUT2D eigenvalue weighted by Crippen LogP contribution is -2.18. The van der Waals surface area contributed by atoms with Gasteiger partial charge in [-0.05, 0) is 24.6 Å². The van der Waals surface area contributed by atoms with Gasteiger partial charge in [-0.25, -0.2) is 0 Å². The Balaban J connectivity index is 1.78. The number of phenolic OH excluding ortho intramolecular Hbond substituents is 1. The summed E-state index contributed by atoms with van der Waals surface area (Å²) >= 11 is 0. The predicted octanol–water partition coefficient (Wildman–Crippen LogP) is 4.24. The number of nitrogens with zero attached hydrogens (tertiary/aromatic N) is 1. The van der Waals surface area contributed by atoms with Crippen LogP contribution in [-0.4, -0.2) is 11.0 Å². The molecule has 0 fully saturated rings. The summed E-state index contributed by atoms with van der Waals surface area (Å²) in [4.78, 5) is 12.5. The van der Waals surface area contributed by atoms with Gasteiger partial charge in [-0.2, -0.15) is 5.26 Å². The van der Waals surface area contributed by atoms with Crippen LogP contribution in [0.3, 0.4) is 0 Å². The van der Waals surface area contributed by atoms with E-state index in [0.717, 1.165) is 5.56 Å². The van der Waals surface area contributed by atoms with E-state index < -0.39 is 5.91 Å². The summed E-state index contributed by atoms with van der Waals surface area (Å²) in [5.41, 5.74) is 1.55. The number of benzene rings is 3. The Kier molecular flexibility index (Phi) is 5.38. The molecule has 1 amide bonds. The van der Waals surface area contributed by atoms with E-state index in [1.807, 2.05) is 43.3 Å². The lowest BCUT2D eigenvalue weighted by Gasteiger charge is -2.13. The number of phenols is 1. The SMILES string of the molecule is CC(N/C=C(/C#N)C(=O)Nc1cccc2c(O)cccc12)c1ccccc1. The molecule has 3 aromatic rings. The van der Waals surface area contributed by atoms with E-state index in [9.17, 15) is 15.2 Å². The lowest BCUT2D eigenvalue weighted by atomic mass is 10.1. The molecular weight excluding hydrogens is 338 g/mol. The van der Waals surface area contributed by atoms with E-state index in [1.54, 1.807) is 36.4 Å². The van der Waals surface area contributed by atoms with Crippen molar-refractivity contribution in [3.63, 3.8) is 0 Å². The Hall–Kier alpha value is -3.78. The number of hydrogen-bond donors (Lipinski definition) is 3. The lowest BCUT2D eigenvalue weighted by molar-refractivity contribution is -0.112. The van der Waals surface area contributed by atoms with Crippen molar-refractivity contribution >= 4 is 22.4 Å². The van der Waals surface area contributed by atoms with E-state index in [0.29, 0.717) is 16.5 Å². The third-order valence-corrected chi connectivity index (χ3v) is 4.29. The van der Waals surface area contributed by atoms with E-state index in [1.165, 1.54) is 6.20 Å². The van der Waals surface area contributed by atoms with Crippen molar-refractivity contribution in [3.05, 3.63) is 84.1 Å². The minimum atomic E-state index is -0.513. The summed E-state index contributed by atoms with van der Waals surface area (Å²) < 4.78 is 0. The standard InChI is InChI=1S/C22H19N3O2/c1-15(16-7-3-2-4-8-16)24-14-17(13-23)22(27)25-20-11-5-10-19-18(20)9-6-12-21(19)26/h2-12,14-15,24,26H,1H3,(H,25,27)/b17-14-. The molecule has 0 aliphatic rings. The van der Waals surface area contributed by atoms with Gasteiger partial charge in [-0.3, -0.25) is 4.79 Å². The molecule has 134 valence electrons. The van der Waals surface area contributed by atoms with Crippen LogP contribution >= 0.6 is 0 Å². The van der Waals surface area contributed by atoms with E-state index in [-0.39, 0.29) is 17.4 Å². The third-order valence-electron chi connectivity index (χ3n) is 4.29. The van der Waals surface area contributed by atoms with Crippen LogP contribution in [0.4, 0.5) is 5.69 Å². The largest absolute Gasteiger partial charge is 0.507 e. The first-order valence-electron chi connectivity index (χ1n) is 8.53. The first-order valence-corrected chi connectivity index (χ1v) is 8.53. The zero-order valence-corrected chi connectivity index (χ0v) is 14.8. The maximum absolute atomic E-state index is 12.5. The maximum atomic E-state index is 12.5. The number of nitriles is 1. The molecule has 0 heterocycles. The number of carbonyl (C=O) groups is 1. The number of rotatable bonds is 5. The second kappa shape index (κ2) is 8.07. The average molecular weight is 357 g/mol. The van der Waals surface area contributed by atoms with Gasteiger partial charge in [-0.15, -0.1) is 0 Å². The highest BCUT2D eigenvalue weighted by Gasteiger charge is 2.12. The fourth-order valence-electron chi connectivity index (χ4n) is 2.79. The zero-order valence-electron chi connectivity index (χ0n) is 14.8. The Labute approximate surface area is 157 Å². The number of amides is 1. The predicted molar refractivity (Wildman–Crippen MR) is 106 cm³/mol. The topological polar surface area (TPSA) is 85.2 Å². The molecule has 3 rings (SSSR count). The highest BCUT2D eigenvalue weighted by Crippen LogP contribution is 2.29. The van der Waals surface area contributed by atoms with Gasteiger partial charge >= 0.3 is 0 Å². The van der Waals surface area contributed by atoms with E-state index in [2.05, 4.69) is 10.6 Å². The van der Waals surface area contributed by atoms with Gasteiger partial charge in [0.05, 0.1) is 0 Å². The molecule has 3 aromatic carbocycles. The Morgan fingerprint density at radius 1 is 1.04 bits per heavy atom. The quantitative estimate of drug-likeness (QED) is 0.471. The van der Waals surface area contributed by atoms with E-state index in [4.69, 9.17) is 0 Å². The summed E-state index contributed by atoms with van der Waals surface area (Å²) in [6.07, 6.45) is 1.43. The molecule has 5 heteroatoms. The van der Waals surface area contributed by atoms with Crippen LogP contribution in [0, 0.1) is 11.3 Å². The molecule has 5 nitrogen and oxygen atoms in total. The molecule has 0 saturated carbocycles. The molecule has 1 unspecified atom stereocenters. The van der Waals surface area contributed by atoms with Gasteiger partial charge in [0.2, 0.25) is 0 Å². The maximum Gasteiger partial charge on any atom is 0.267 e. The third kappa shape index (κ3) is 4.07. The van der Waals surface area contributed by atoms with Crippen LogP contribution in [-0.2, 0) is 4.79 Å². The number of aromatic hydroxyl groups is 1. The molecule has 3 N–H and O–H groups in total. The van der Waals surface area contributed by atoms with Crippen LogP contribution < -0.4 is 10.6 Å². The summed E-state index contributed by atoms with van der Waals surface area (Å²) in [6.45, 7) is 1.95. The molecule has 27 heavy (non-hydrogen) atoms. The molecule has 0 spiro atoms. The van der Waals surface area contributed by atoms with Gasteiger partial charge in [0.1, 0.15) is 17.4 Å². The number of anilines is 1. The number of nitrogens with one attached hydrogen (secondary N) is 2. The first kappa shape index (κ1) is 18.0. The van der Waals surface area contributed by atoms with Gasteiger partial charge in [-0.1, -0.05) is 54.6 Å². The summed E-state index contributed by atoms with van der Waals surface area (Å²) in [5.74, 6) is -0.376. The molecule has 1 atom stereocenters. The first-order chi connectivity index (χ1) is 13.1. The fourth-order valence-corrected chi connectivity index (χ4v) is 2.79. The Bertz CT molecular complexity index is 1040. The van der Waals surface area contributed by atoms with Crippen molar-refractivity contribution in [1.29, 1.82) is 5.26 Å². The molecule has 0 bridgehead atoms. The normalized spacial score (nSPS) is 12.2. The molecule has 0 aliphatic carbocycles. The van der Waals surface area contributed by atoms with E-state index >= 15 is 0 Å². The number of fused-ring (bicyclic) bond motifs is 1.